The second-order valence-corrected chi connectivity index (χ2v) is 6.73. The number of nitrogens with one attached hydrogen (secondary N) is 1. The van der Waals surface area contributed by atoms with E-state index in [1.807, 2.05) is 0 Å². The molecule has 0 spiro atoms. The van der Waals surface area contributed by atoms with Crippen LogP contribution in [0.1, 0.15) is 23.3 Å². The first kappa shape index (κ1) is 16.6. The number of nitrogens with zero attached hydrogens (tertiary/aromatic N) is 3. The average Bonchev–Trinajstić information content (AvgIpc) is 3.24. The third kappa shape index (κ3) is 4.20. The Morgan fingerprint density at radius 2 is 2.26 bits per heavy atom. The SMILES string of the molecule is O=C(NCCN1CCOCC1)c1csc(N2CCCC2CO)n1. The van der Waals surface area contributed by atoms with Crippen molar-refractivity contribution in [3.8, 4) is 0 Å². The molecule has 8 heteroatoms. The summed E-state index contributed by atoms with van der Waals surface area (Å²) in [6.45, 7) is 5.88. The molecular weight excluding hydrogens is 316 g/mol. The number of morpholine rings is 1. The quantitative estimate of drug-likeness (QED) is 0.768. The van der Waals surface area contributed by atoms with Gasteiger partial charge in [-0.2, -0.15) is 0 Å². The number of ether oxygens (including phenoxy) is 1. The fourth-order valence-electron chi connectivity index (χ4n) is 3.02. The molecule has 0 bridgehead atoms. The molecule has 23 heavy (non-hydrogen) atoms. The normalized spacial score (nSPS) is 22.5. The second-order valence-electron chi connectivity index (χ2n) is 5.90. The summed E-state index contributed by atoms with van der Waals surface area (Å²) in [6.07, 6.45) is 2.04. The lowest BCUT2D eigenvalue weighted by Gasteiger charge is -2.26. The van der Waals surface area contributed by atoms with Gasteiger partial charge in [0.1, 0.15) is 5.69 Å². The number of anilines is 1. The van der Waals surface area contributed by atoms with Gasteiger partial charge in [-0.1, -0.05) is 0 Å². The van der Waals surface area contributed by atoms with Gasteiger partial charge in [-0.15, -0.1) is 11.3 Å². The standard InChI is InChI=1S/C15H24N4O3S/c20-10-12-2-1-4-19(12)15-17-13(11-23-15)14(21)16-3-5-18-6-8-22-9-7-18/h11-12,20H,1-10H2,(H,16,21). The van der Waals surface area contributed by atoms with Gasteiger partial charge in [-0.25, -0.2) is 4.98 Å². The van der Waals surface area contributed by atoms with Gasteiger partial charge in [0.15, 0.2) is 5.13 Å². The van der Waals surface area contributed by atoms with Crippen LogP contribution in [-0.2, 0) is 4.74 Å². The summed E-state index contributed by atoms with van der Waals surface area (Å²) in [5.74, 6) is -0.125. The van der Waals surface area contributed by atoms with Crippen molar-refractivity contribution in [2.75, 3.05) is 57.4 Å². The monoisotopic (exact) mass is 340 g/mol. The highest BCUT2D eigenvalue weighted by Crippen LogP contribution is 2.28. The van der Waals surface area contributed by atoms with Gasteiger partial charge in [0.05, 0.1) is 25.9 Å². The van der Waals surface area contributed by atoms with Crippen molar-refractivity contribution in [3.05, 3.63) is 11.1 Å². The number of aliphatic hydroxyl groups excluding tert-OH is 1. The molecule has 2 aliphatic rings. The van der Waals surface area contributed by atoms with Crippen LogP contribution in [0, 0.1) is 0 Å². The first-order chi connectivity index (χ1) is 11.3. The van der Waals surface area contributed by atoms with Gasteiger partial charge in [0, 0.05) is 38.1 Å². The molecule has 0 saturated carbocycles. The zero-order valence-corrected chi connectivity index (χ0v) is 14.1. The minimum atomic E-state index is -0.125. The number of amides is 1. The highest BCUT2D eigenvalue weighted by molar-refractivity contribution is 7.14. The van der Waals surface area contributed by atoms with Crippen molar-refractivity contribution in [3.63, 3.8) is 0 Å². The molecule has 128 valence electrons. The molecule has 1 aromatic heterocycles. The van der Waals surface area contributed by atoms with E-state index in [1.54, 1.807) is 5.38 Å². The molecule has 1 atom stereocenters. The highest BCUT2D eigenvalue weighted by Gasteiger charge is 2.26. The molecule has 0 aromatic carbocycles. The van der Waals surface area contributed by atoms with Crippen molar-refractivity contribution >= 4 is 22.4 Å². The van der Waals surface area contributed by atoms with Crippen LogP contribution >= 0.6 is 11.3 Å². The van der Waals surface area contributed by atoms with Crippen molar-refractivity contribution in [2.24, 2.45) is 0 Å². The molecule has 3 heterocycles. The van der Waals surface area contributed by atoms with Gasteiger partial charge in [0.25, 0.3) is 5.91 Å². The Balaban J connectivity index is 1.48. The maximum atomic E-state index is 12.2. The van der Waals surface area contributed by atoms with E-state index in [1.165, 1.54) is 11.3 Å². The van der Waals surface area contributed by atoms with E-state index in [9.17, 15) is 9.90 Å². The predicted molar refractivity (Wildman–Crippen MR) is 89.2 cm³/mol. The van der Waals surface area contributed by atoms with E-state index in [0.29, 0.717) is 12.2 Å². The number of thiazole rings is 1. The van der Waals surface area contributed by atoms with Crippen molar-refractivity contribution in [1.82, 2.24) is 15.2 Å². The van der Waals surface area contributed by atoms with Gasteiger partial charge in [-0.3, -0.25) is 9.69 Å². The third-order valence-corrected chi connectivity index (χ3v) is 5.25. The summed E-state index contributed by atoms with van der Waals surface area (Å²) < 4.78 is 5.31. The Hall–Kier alpha value is -1.22. The largest absolute Gasteiger partial charge is 0.394 e. The summed E-state index contributed by atoms with van der Waals surface area (Å²) in [4.78, 5) is 21.0. The van der Waals surface area contributed by atoms with E-state index in [4.69, 9.17) is 4.74 Å². The van der Waals surface area contributed by atoms with Crippen molar-refractivity contribution in [1.29, 1.82) is 0 Å². The summed E-state index contributed by atoms with van der Waals surface area (Å²) in [5.41, 5.74) is 0.468. The molecule has 3 rings (SSSR count). The Morgan fingerprint density at radius 1 is 1.43 bits per heavy atom. The first-order valence-electron chi connectivity index (χ1n) is 8.19. The van der Waals surface area contributed by atoms with Gasteiger partial charge >= 0.3 is 0 Å². The summed E-state index contributed by atoms with van der Waals surface area (Å²) in [5, 5.41) is 15.0. The van der Waals surface area contributed by atoms with Crippen LogP contribution in [0.5, 0.6) is 0 Å². The molecule has 2 saturated heterocycles. The number of carbonyl (C=O) groups is 1. The number of hydrogen-bond acceptors (Lipinski definition) is 7. The third-order valence-electron chi connectivity index (χ3n) is 4.38. The molecule has 1 unspecified atom stereocenters. The number of rotatable bonds is 6. The summed E-state index contributed by atoms with van der Waals surface area (Å²) >= 11 is 1.47. The number of hydrogen-bond donors (Lipinski definition) is 2. The molecule has 0 radical (unpaired) electrons. The van der Waals surface area contributed by atoms with Crippen LogP contribution in [0.15, 0.2) is 5.38 Å². The first-order valence-corrected chi connectivity index (χ1v) is 9.07. The predicted octanol–water partition coefficient (Wildman–Crippen LogP) is 0.166. The molecule has 7 nitrogen and oxygen atoms in total. The lowest BCUT2D eigenvalue weighted by molar-refractivity contribution is 0.0383. The van der Waals surface area contributed by atoms with Crippen LogP contribution in [0.3, 0.4) is 0 Å². The molecule has 2 aliphatic heterocycles. The molecule has 0 aliphatic carbocycles. The van der Waals surface area contributed by atoms with Crippen molar-refractivity contribution in [2.45, 2.75) is 18.9 Å². The van der Waals surface area contributed by atoms with Crippen LogP contribution < -0.4 is 10.2 Å². The van der Waals surface area contributed by atoms with Crippen LogP contribution in [0.2, 0.25) is 0 Å². The van der Waals surface area contributed by atoms with E-state index >= 15 is 0 Å². The fraction of sp³-hybridized carbons (Fsp3) is 0.733. The lowest BCUT2D eigenvalue weighted by atomic mass is 10.2. The minimum absolute atomic E-state index is 0.125. The number of aromatic nitrogens is 1. The van der Waals surface area contributed by atoms with E-state index in [0.717, 1.165) is 57.4 Å². The lowest BCUT2D eigenvalue weighted by Crippen LogP contribution is -2.41. The van der Waals surface area contributed by atoms with Crippen LogP contribution in [0.4, 0.5) is 5.13 Å². The number of aliphatic hydroxyl groups is 1. The maximum Gasteiger partial charge on any atom is 0.270 e. The van der Waals surface area contributed by atoms with Crippen molar-refractivity contribution < 1.29 is 14.6 Å². The van der Waals surface area contributed by atoms with E-state index in [2.05, 4.69) is 20.1 Å². The minimum Gasteiger partial charge on any atom is -0.394 e. The molecule has 1 aromatic rings. The fourth-order valence-corrected chi connectivity index (χ4v) is 3.92. The molecule has 1 amide bonds. The second kappa shape index (κ2) is 8.05. The average molecular weight is 340 g/mol. The zero-order valence-electron chi connectivity index (χ0n) is 13.2. The Morgan fingerprint density at radius 3 is 3.04 bits per heavy atom. The summed E-state index contributed by atoms with van der Waals surface area (Å²) in [7, 11) is 0. The number of carbonyl (C=O) groups excluding carboxylic acids is 1. The van der Waals surface area contributed by atoms with Gasteiger partial charge in [-0.05, 0) is 12.8 Å². The van der Waals surface area contributed by atoms with Crippen LogP contribution in [0.25, 0.3) is 0 Å². The highest BCUT2D eigenvalue weighted by atomic mass is 32.1. The van der Waals surface area contributed by atoms with Gasteiger partial charge < -0.3 is 20.1 Å². The summed E-state index contributed by atoms with van der Waals surface area (Å²) in [6, 6.07) is 0.137. The van der Waals surface area contributed by atoms with E-state index < -0.39 is 0 Å². The smallest absolute Gasteiger partial charge is 0.270 e. The molecular formula is C15H24N4O3S. The molecule has 2 fully saturated rings. The maximum absolute atomic E-state index is 12.2. The Labute approximate surface area is 140 Å². The molecule has 2 N–H and O–H groups in total. The van der Waals surface area contributed by atoms with E-state index in [-0.39, 0.29) is 18.6 Å². The zero-order chi connectivity index (χ0) is 16.1. The Kier molecular flexibility index (Phi) is 5.82. The topological polar surface area (TPSA) is 77.9 Å². The van der Waals surface area contributed by atoms with Crippen LogP contribution in [-0.4, -0.2) is 79.5 Å². The van der Waals surface area contributed by atoms with Gasteiger partial charge in [0.2, 0.25) is 0 Å². The Bertz CT molecular complexity index is 519.